The molecule has 0 aliphatic carbocycles. The smallest absolute Gasteiger partial charge is 0.367 e. The van der Waals surface area contributed by atoms with Crippen molar-refractivity contribution in [3.8, 4) is 0 Å². The lowest BCUT2D eigenvalue weighted by atomic mass is 10.0. The van der Waals surface area contributed by atoms with Crippen molar-refractivity contribution in [3.63, 3.8) is 0 Å². The second kappa shape index (κ2) is 9.80. The first-order chi connectivity index (χ1) is 16.2. The first-order valence-electron chi connectivity index (χ1n) is 10.6. The van der Waals surface area contributed by atoms with Crippen molar-refractivity contribution < 1.29 is 31.9 Å². The van der Waals surface area contributed by atoms with Gasteiger partial charge in [-0.2, -0.15) is 18.3 Å². The first-order valence-corrected chi connectivity index (χ1v) is 10.6. The van der Waals surface area contributed by atoms with E-state index in [1.807, 2.05) is 0 Å². The van der Waals surface area contributed by atoms with Crippen molar-refractivity contribution in [1.82, 2.24) is 10.6 Å². The Morgan fingerprint density at radius 2 is 1.94 bits per heavy atom. The Morgan fingerprint density at radius 3 is 2.62 bits per heavy atom. The van der Waals surface area contributed by atoms with Gasteiger partial charge in [-0.25, -0.2) is 4.39 Å². The van der Waals surface area contributed by atoms with Crippen molar-refractivity contribution in [1.29, 1.82) is 0 Å². The number of carbonyl (C=O) groups excluding carboxylic acids is 2. The van der Waals surface area contributed by atoms with Crippen LogP contribution in [0.25, 0.3) is 0 Å². The second-order valence-electron chi connectivity index (χ2n) is 8.13. The van der Waals surface area contributed by atoms with Crippen LogP contribution in [0.5, 0.6) is 0 Å². The van der Waals surface area contributed by atoms with Gasteiger partial charge in [0.05, 0.1) is 24.3 Å². The summed E-state index contributed by atoms with van der Waals surface area (Å²) in [7, 11) is 0. The van der Waals surface area contributed by atoms with Gasteiger partial charge >= 0.3 is 6.18 Å². The normalized spacial score (nSPS) is 20.3. The Kier molecular flexibility index (Phi) is 6.82. The zero-order valence-electron chi connectivity index (χ0n) is 17.9. The first kappa shape index (κ1) is 23.7. The number of amides is 2. The summed E-state index contributed by atoms with van der Waals surface area (Å²) in [4.78, 5) is 24.0. The molecule has 2 N–H and O–H groups in total. The van der Waals surface area contributed by atoms with Crippen molar-refractivity contribution in [2.24, 2.45) is 11.0 Å². The number of amidine groups is 1. The molecule has 2 aromatic carbocycles. The van der Waals surface area contributed by atoms with E-state index < -0.39 is 30.6 Å². The summed E-state index contributed by atoms with van der Waals surface area (Å²) in [6.45, 7) is -1.31. The van der Waals surface area contributed by atoms with Crippen molar-refractivity contribution in [2.75, 3.05) is 18.2 Å². The summed E-state index contributed by atoms with van der Waals surface area (Å²) < 4.78 is 55.4. The number of nitrogens with one attached hydrogen (secondary N) is 2. The lowest BCUT2D eigenvalue weighted by Gasteiger charge is -2.24. The van der Waals surface area contributed by atoms with E-state index >= 15 is 0 Å². The summed E-state index contributed by atoms with van der Waals surface area (Å²) in [5.74, 6) is -1.06. The highest BCUT2D eigenvalue weighted by atomic mass is 19.4. The number of benzene rings is 2. The van der Waals surface area contributed by atoms with Crippen molar-refractivity contribution >= 4 is 23.3 Å². The van der Waals surface area contributed by atoms with Gasteiger partial charge in [0.15, 0.2) is 0 Å². The van der Waals surface area contributed by atoms with Crippen molar-refractivity contribution in [2.45, 2.75) is 31.7 Å². The van der Waals surface area contributed by atoms with E-state index in [-0.39, 0.29) is 31.4 Å². The van der Waals surface area contributed by atoms with Gasteiger partial charge in [0.1, 0.15) is 18.3 Å². The fraction of sp³-hybridized carbons (Fsp3) is 0.348. The predicted octanol–water partition coefficient (Wildman–Crippen LogP) is 3.42. The average molecular weight is 478 g/mol. The molecule has 7 nitrogen and oxygen atoms in total. The number of rotatable bonds is 6. The second-order valence-corrected chi connectivity index (χ2v) is 8.13. The summed E-state index contributed by atoms with van der Waals surface area (Å²) >= 11 is 0. The van der Waals surface area contributed by atoms with Crippen LogP contribution in [0.4, 0.5) is 23.2 Å². The minimum absolute atomic E-state index is 0.101. The van der Waals surface area contributed by atoms with Crippen LogP contribution in [0.3, 0.4) is 0 Å². The molecule has 0 radical (unpaired) electrons. The largest absolute Gasteiger partial charge is 0.411 e. The third-order valence-electron chi connectivity index (χ3n) is 5.49. The third kappa shape index (κ3) is 5.90. The summed E-state index contributed by atoms with van der Waals surface area (Å²) in [5, 5.41) is 11.5. The molecule has 2 aliphatic rings. The molecular formula is C23H22F4N4O3. The molecular weight excluding hydrogens is 456 g/mol. The van der Waals surface area contributed by atoms with Crippen LogP contribution in [0, 0.1) is 11.7 Å². The number of hydrogen-bond acceptors (Lipinski definition) is 5. The number of hydrazone groups is 1. The van der Waals surface area contributed by atoms with Gasteiger partial charge < -0.3 is 15.4 Å². The van der Waals surface area contributed by atoms with E-state index in [1.165, 1.54) is 12.1 Å². The number of anilines is 1. The van der Waals surface area contributed by atoms with Crippen LogP contribution >= 0.6 is 0 Å². The fourth-order valence-electron chi connectivity index (χ4n) is 3.89. The van der Waals surface area contributed by atoms with E-state index in [0.29, 0.717) is 23.5 Å². The highest BCUT2D eigenvalue weighted by Gasteiger charge is 2.34. The zero-order valence-corrected chi connectivity index (χ0v) is 17.9. The SMILES string of the molecule is O=C1C[C@H](C(=O)NC2=NN(c3ccc(F)cc3)C(c3cccc(COCC(F)(F)F)c3)C2)CN1. The van der Waals surface area contributed by atoms with Crippen molar-refractivity contribution in [3.05, 3.63) is 65.5 Å². The fourth-order valence-corrected chi connectivity index (χ4v) is 3.89. The monoisotopic (exact) mass is 478 g/mol. The van der Waals surface area contributed by atoms with Crippen LogP contribution in [-0.2, 0) is 20.9 Å². The maximum Gasteiger partial charge on any atom is 0.411 e. The molecule has 0 bridgehead atoms. The highest BCUT2D eigenvalue weighted by molar-refractivity contribution is 6.02. The molecule has 180 valence electrons. The molecule has 34 heavy (non-hydrogen) atoms. The lowest BCUT2D eigenvalue weighted by Crippen LogP contribution is -2.36. The molecule has 2 amide bonds. The minimum atomic E-state index is -4.41. The molecule has 0 aromatic heterocycles. The third-order valence-corrected chi connectivity index (χ3v) is 5.49. The Hall–Kier alpha value is -3.47. The van der Waals surface area contributed by atoms with Crippen LogP contribution in [0.15, 0.2) is 53.6 Å². The summed E-state index contributed by atoms with van der Waals surface area (Å²) in [5.41, 5.74) is 1.86. The van der Waals surface area contributed by atoms with Gasteiger partial charge in [-0.05, 0) is 35.4 Å². The number of hydrogen-bond donors (Lipinski definition) is 2. The predicted molar refractivity (Wildman–Crippen MR) is 115 cm³/mol. The van der Waals surface area contributed by atoms with Crippen LogP contribution in [0.2, 0.25) is 0 Å². The van der Waals surface area contributed by atoms with Crippen LogP contribution in [0.1, 0.15) is 30.0 Å². The van der Waals surface area contributed by atoms with E-state index in [0.717, 1.165) is 5.56 Å². The maximum atomic E-state index is 13.5. The molecule has 11 heteroatoms. The molecule has 2 aromatic rings. The minimum Gasteiger partial charge on any atom is -0.367 e. The number of halogens is 4. The maximum absolute atomic E-state index is 13.5. The van der Waals surface area contributed by atoms with Gasteiger partial charge in [-0.1, -0.05) is 24.3 Å². The molecule has 0 saturated carbocycles. The van der Waals surface area contributed by atoms with E-state index in [2.05, 4.69) is 15.7 Å². The Morgan fingerprint density at radius 1 is 1.18 bits per heavy atom. The average Bonchev–Trinajstić information content (AvgIpc) is 3.40. The van der Waals surface area contributed by atoms with E-state index in [9.17, 15) is 27.2 Å². The number of alkyl halides is 3. The molecule has 2 atom stereocenters. The van der Waals surface area contributed by atoms with Gasteiger partial charge in [-0.3, -0.25) is 14.6 Å². The Bertz CT molecular complexity index is 1090. The van der Waals surface area contributed by atoms with Gasteiger partial charge in [0, 0.05) is 19.4 Å². The van der Waals surface area contributed by atoms with Crippen LogP contribution in [-0.4, -0.2) is 37.0 Å². The number of carbonyl (C=O) groups is 2. The van der Waals surface area contributed by atoms with Crippen LogP contribution < -0.4 is 15.6 Å². The molecule has 1 saturated heterocycles. The van der Waals surface area contributed by atoms with E-state index in [1.54, 1.807) is 41.4 Å². The molecule has 2 heterocycles. The molecule has 1 fully saturated rings. The zero-order chi connectivity index (χ0) is 24.3. The molecule has 1 unspecified atom stereocenters. The van der Waals surface area contributed by atoms with Gasteiger partial charge in [0.2, 0.25) is 11.8 Å². The quantitative estimate of drug-likeness (QED) is 0.624. The number of nitrogens with zero attached hydrogens (tertiary/aromatic N) is 2. The number of ether oxygens (including phenoxy) is 1. The van der Waals surface area contributed by atoms with E-state index in [4.69, 9.17) is 4.74 Å². The van der Waals surface area contributed by atoms with Gasteiger partial charge in [0.25, 0.3) is 0 Å². The highest BCUT2D eigenvalue weighted by Crippen LogP contribution is 2.35. The Balaban J connectivity index is 1.53. The topological polar surface area (TPSA) is 83.0 Å². The summed E-state index contributed by atoms with van der Waals surface area (Å²) in [6, 6.07) is 12.2. The molecule has 0 spiro atoms. The molecule has 2 aliphatic heterocycles. The lowest BCUT2D eigenvalue weighted by molar-refractivity contribution is -0.176. The Labute approximate surface area is 192 Å². The standard InChI is InChI=1S/C23H22F4N4O3/c24-17-4-6-18(7-5-17)31-19(10-20(30-31)29-22(33)16-9-21(32)28-11-16)15-3-1-2-14(8-15)12-34-13-23(25,26)27/h1-8,16,19H,9-13H2,(H,28,32)(H,29,30,33)/t16-,19?/m0/s1. The molecule has 4 rings (SSSR count). The van der Waals surface area contributed by atoms with Gasteiger partial charge in [-0.15, -0.1) is 0 Å². The summed E-state index contributed by atoms with van der Waals surface area (Å²) in [6.07, 6.45) is -4.02.